The highest BCUT2D eigenvalue weighted by atomic mass is 19.1. The largest absolute Gasteiger partial charge is 0.366 e. The van der Waals surface area contributed by atoms with Crippen LogP contribution in [0.1, 0.15) is 45.4 Å². The minimum atomic E-state index is -0.432. The molecular formula is C25H24F2N4O2. The van der Waals surface area contributed by atoms with E-state index >= 15 is 0 Å². The van der Waals surface area contributed by atoms with Gasteiger partial charge in [-0.3, -0.25) is 9.59 Å². The molecule has 0 unspecified atom stereocenters. The fraction of sp³-hybridized carbons (Fsp3) is 0.320. The number of Topliss-reactive ketones (excluding diaryl/α,β-unsaturated/α-hetero) is 1. The van der Waals surface area contributed by atoms with Gasteiger partial charge in [-0.05, 0) is 68.7 Å². The van der Waals surface area contributed by atoms with Crippen molar-refractivity contribution < 1.29 is 18.4 Å². The maximum absolute atomic E-state index is 14.5. The molecule has 0 atom stereocenters. The number of amides is 1. The van der Waals surface area contributed by atoms with E-state index in [0.29, 0.717) is 43.1 Å². The van der Waals surface area contributed by atoms with E-state index in [-0.39, 0.29) is 17.5 Å². The highest BCUT2D eigenvalue weighted by Crippen LogP contribution is 2.29. The number of nitrogens with zero attached hydrogens (tertiary/aromatic N) is 4. The Morgan fingerprint density at radius 3 is 2.33 bits per heavy atom. The van der Waals surface area contributed by atoms with E-state index in [2.05, 4.69) is 5.10 Å². The number of ketones is 1. The first kappa shape index (κ1) is 21.3. The summed E-state index contributed by atoms with van der Waals surface area (Å²) in [6.45, 7) is 3.29. The predicted octanol–water partition coefficient (Wildman–Crippen LogP) is 3.80. The summed E-state index contributed by atoms with van der Waals surface area (Å²) in [6, 6.07) is 10.6. The Balaban J connectivity index is 1.33. The first-order valence-corrected chi connectivity index (χ1v) is 11.1. The molecule has 6 nitrogen and oxygen atoms in total. The molecule has 0 saturated carbocycles. The van der Waals surface area contributed by atoms with Crippen LogP contribution in [0.2, 0.25) is 0 Å². The van der Waals surface area contributed by atoms with Gasteiger partial charge in [-0.2, -0.15) is 5.10 Å². The van der Waals surface area contributed by atoms with Gasteiger partial charge in [0.05, 0.1) is 11.4 Å². The van der Waals surface area contributed by atoms with Gasteiger partial charge in [0.15, 0.2) is 11.5 Å². The summed E-state index contributed by atoms with van der Waals surface area (Å²) in [7, 11) is 0. The zero-order valence-corrected chi connectivity index (χ0v) is 18.4. The molecule has 8 heteroatoms. The SMILES string of the molecule is CC(=O)c1ccc(N2CCN(C(=O)c3nn(-c4ccc(F)cc4)c4c3CCC4)CC2)c(F)c1. The average Bonchev–Trinajstić information content (AvgIpc) is 3.42. The van der Waals surface area contributed by atoms with Crippen molar-refractivity contribution in [2.75, 3.05) is 31.1 Å². The third-order valence-electron chi connectivity index (χ3n) is 6.47. The summed E-state index contributed by atoms with van der Waals surface area (Å²) in [4.78, 5) is 28.5. The topological polar surface area (TPSA) is 58.4 Å². The van der Waals surface area contributed by atoms with Crippen molar-refractivity contribution in [3.05, 3.63) is 76.6 Å². The van der Waals surface area contributed by atoms with E-state index in [1.165, 1.54) is 25.1 Å². The lowest BCUT2D eigenvalue weighted by molar-refractivity contribution is 0.0739. The summed E-state index contributed by atoms with van der Waals surface area (Å²) < 4.78 is 29.7. The van der Waals surface area contributed by atoms with Gasteiger partial charge in [-0.15, -0.1) is 0 Å². The molecule has 1 fully saturated rings. The van der Waals surface area contributed by atoms with Crippen molar-refractivity contribution in [1.29, 1.82) is 0 Å². The molecule has 3 aromatic rings. The van der Waals surface area contributed by atoms with Crippen LogP contribution in [0.15, 0.2) is 42.5 Å². The molecule has 1 amide bonds. The molecule has 0 N–H and O–H groups in total. The standard InChI is InChI=1S/C25H24F2N4O2/c1-16(32)17-5-10-23(21(27)15-17)29-11-13-30(14-12-29)25(33)24-20-3-2-4-22(20)31(28-24)19-8-6-18(26)7-9-19/h5-10,15H,2-4,11-14H2,1H3. The van der Waals surface area contributed by atoms with Crippen molar-refractivity contribution in [2.24, 2.45) is 0 Å². The van der Waals surface area contributed by atoms with Crippen molar-refractivity contribution in [3.63, 3.8) is 0 Å². The van der Waals surface area contributed by atoms with Gasteiger partial charge in [-0.1, -0.05) is 0 Å². The van der Waals surface area contributed by atoms with Gasteiger partial charge in [0.1, 0.15) is 11.6 Å². The zero-order chi connectivity index (χ0) is 23.1. The van der Waals surface area contributed by atoms with Crippen LogP contribution in [0, 0.1) is 11.6 Å². The zero-order valence-electron chi connectivity index (χ0n) is 18.4. The third kappa shape index (κ3) is 3.90. The molecular weight excluding hydrogens is 426 g/mol. The second-order valence-corrected chi connectivity index (χ2v) is 8.52. The van der Waals surface area contributed by atoms with Crippen LogP contribution in [-0.4, -0.2) is 52.5 Å². The quantitative estimate of drug-likeness (QED) is 0.568. The number of hydrogen-bond acceptors (Lipinski definition) is 4. The summed E-state index contributed by atoms with van der Waals surface area (Å²) >= 11 is 0. The van der Waals surface area contributed by atoms with Gasteiger partial charge in [0.25, 0.3) is 5.91 Å². The summed E-state index contributed by atoms with van der Waals surface area (Å²) in [5.74, 6) is -1.05. The van der Waals surface area contributed by atoms with Crippen LogP contribution in [-0.2, 0) is 12.8 Å². The number of piperazine rings is 1. The first-order chi connectivity index (χ1) is 15.9. The average molecular weight is 450 g/mol. The maximum Gasteiger partial charge on any atom is 0.274 e. The molecule has 5 rings (SSSR count). The van der Waals surface area contributed by atoms with Crippen molar-refractivity contribution in [1.82, 2.24) is 14.7 Å². The number of carbonyl (C=O) groups excluding carboxylic acids is 2. The van der Waals surface area contributed by atoms with E-state index < -0.39 is 5.82 Å². The Labute approximate surface area is 190 Å². The fourth-order valence-corrected chi connectivity index (χ4v) is 4.69. The Kier molecular flexibility index (Phi) is 5.44. The monoisotopic (exact) mass is 450 g/mol. The van der Waals surface area contributed by atoms with E-state index in [0.717, 1.165) is 36.2 Å². The van der Waals surface area contributed by atoms with Gasteiger partial charge >= 0.3 is 0 Å². The van der Waals surface area contributed by atoms with E-state index in [9.17, 15) is 18.4 Å². The van der Waals surface area contributed by atoms with Crippen molar-refractivity contribution in [2.45, 2.75) is 26.2 Å². The number of rotatable bonds is 4. The van der Waals surface area contributed by atoms with Crippen LogP contribution in [0.3, 0.4) is 0 Å². The van der Waals surface area contributed by atoms with Gasteiger partial charge < -0.3 is 9.80 Å². The molecule has 33 heavy (non-hydrogen) atoms. The number of anilines is 1. The molecule has 2 heterocycles. The molecule has 1 aromatic heterocycles. The Morgan fingerprint density at radius 2 is 1.67 bits per heavy atom. The summed E-state index contributed by atoms with van der Waals surface area (Å²) in [6.07, 6.45) is 2.58. The second-order valence-electron chi connectivity index (χ2n) is 8.52. The molecule has 2 aliphatic rings. The van der Waals surface area contributed by atoms with Crippen LogP contribution >= 0.6 is 0 Å². The number of fused-ring (bicyclic) bond motifs is 1. The van der Waals surface area contributed by atoms with Gasteiger partial charge in [0.2, 0.25) is 0 Å². The smallest absolute Gasteiger partial charge is 0.274 e. The highest BCUT2D eigenvalue weighted by molar-refractivity contribution is 5.95. The molecule has 0 radical (unpaired) electrons. The Hall–Kier alpha value is -3.55. The van der Waals surface area contributed by atoms with E-state index in [4.69, 9.17) is 0 Å². The number of carbonyl (C=O) groups is 2. The molecule has 1 aliphatic carbocycles. The molecule has 170 valence electrons. The summed E-state index contributed by atoms with van der Waals surface area (Å²) in [5.41, 5.74) is 3.96. The Morgan fingerprint density at radius 1 is 0.939 bits per heavy atom. The minimum Gasteiger partial charge on any atom is -0.366 e. The van der Waals surface area contributed by atoms with Gasteiger partial charge in [-0.25, -0.2) is 13.5 Å². The predicted molar refractivity (Wildman–Crippen MR) is 120 cm³/mol. The normalized spacial score (nSPS) is 15.6. The molecule has 1 aliphatic heterocycles. The van der Waals surface area contributed by atoms with Crippen LogP contribution in [0.5, 0.6) is 0 Å². The third-order valence-corrected chi connectivity index (χ3v) is 6.47. The lowest BCUT2D eigenvalue weighted by Crippen LogP contribution is -2.49. The Bertz CT molecular complexity index is 1230. The molecule has 0 spiro atoms. The molecule has 0 bridgehead atoms. The fourth-order valence-electron chi connectivity index (χ4n) is 4.69. The highest BCUT2D eigenvalue weighted by Gasteiger charge is 2.31. The lowest BCUT2D eigenvalue weighted by atomic mass is 10.1. The number of aromatic nitrogens is 2. The number of halogens is 2. The van der Waals surface area contributed by atoms with Crippen LogP contribution in [0.4, 0.5) is 14.5 Å². The number of hydrogen-bond donors (Lipinski definition) is 0. The van der Waals surface area contributed by atoms with E-state index in [1.54, 1.807) is 33.8 Å². The lowest BCUT2D eigenvalue weighted by Gasteiger charge is -2.36. The number of benzene rings is 2. The second kappa shape index (κ2) is 8.42. The van der Waals surface area contributed by atoms with Crippen molar-refractivity contribution in [3.8, 4) is 5.69 Å². The maximum atomic E-state index is 14.5. The van der Waals surface area contributed by atoms with E-state index in [1.807, 2.05) is 4.90 Å². The first-order valence-electron chi connectivity index (χ1n) is 11.1. The van der Waals surface area contributed by atoms with Crippen LogP contribution < -0.4 is 4.90 Å². The van der Waals surface area contributed by atoms with Crippen LogP contribution in [0.25, 0.3) is 5.69 Å². The van der Waals surface area contributed by atoms with Crippen molar-refractivity contribution >= 4 is 17.4 Å². The molecule has 1 saturated heterocycles. The summed E-state index contributed by atoms with van der Waals surface area (Å²) in [5, 5.41) is 4.62. The minimum absolute atomic E-state index is 0.124. The molecule has 2 aromatic carbocycles. The van der Waals surface area contributed by atoms with Gasteiger partial charge in [0, 0.05) is 43.0 Å².